The summed E-state index contributed by atoms with van der Waals surface area (Å²) in [5.41, 5.74) is 2.42. The van der Waals surface area contributed by atoms with E-state index in [9.17, 15) is 4.79 Å². The molecular weight excluding hydrogens is 366 g/mol. The highest BCUT2D eigenvalue weighted by Gasteiger charge is 2.19. The number of nitrogens with zero attached hydrogens (tertiary/aromatic N) is 2. The molecule has 0 bridgehead atoms. The number of fused-ring (bicyclic) bond motifs is 1. The number of hydrogen-bond donors (Lipinski definition) is 1. The Labute approximate surface area is 168 Å². The quantitative estimate of drug-likeness (QED) is 0.501. The number of para-hydroxylation sites is 1. The number of carbonyl (C=O) groups is 1. The molecule has 4 rings (SSSR count). The van der Waals surface area contributed by atoms with Crippen LogP contribution in [-0.4, -0.2) is 21.9 Å². The number of hydrogen-bond acceptors (Lipinski definition) is 4. The fourth-order valence-electron chi connectivity index (χ4n) is 3.12. The van der Waals surface area contributed by atoms with E-state index in [4.69, 9.17) is 9.47 Å². The van der Waals surface area contributed by atoms with Crippen LogP contribution >= 0.6 is 0 Å². The van der Waals surface area contributed by atoms with Crippen molar-refractivity contribution >= 4 is 17.2 Å². The van der Waals surface area contributed by atoms with Crippen LogP contribution in [0.15, 0.2) is 72.9 Å². The molecule has 2 aromatic heterocycles. The Morgan fingerprint density at radius 3 is 2.45 bits per heavy atom. The summed E-state index contributed by atoms with van der Waals surface area (Å²) in [7, 11) is 0. The van der Waals surface area contributed by atoms with Crippen LogP contribution in [0, 0.1) is 6.92 Å². The third kappa shape index (κ3) is 3.91. The molecule has 2 aromatic carbocycles. The van der Waals surface area contributed by atoms with Gasteiger partial charge >= 0.3 is 0 Å². The molecule has 146 valence electrons. The standard InChI is InChI=1S/C23H21N3O3/c1-3-28-20-10-7-15-26-21(16(2)24-22(20)26)23(27)25-17-11-13-19(14-12-17)29-18-8-5-4-6-9-18/h4-15H,3H2,1-2H3,(H,25,27). The van der Waals surface area contributed by atoms with E-state index in [-0.39, 0.29) is 5.91 Å². The Balaban J connectivity index is 1.54. The molecule has 1 N–H and O–H groups in total. The molecule has 0 aliphatic carbocycles. The normalized spacial score (nSPS) is 10.7. The van der Waals surface area contributed by atoms with Gasteiger partial charge in [-0.25, -0.2) is 4.98 Å². The molecule has 0 saturated carbocycles. The second kappa shape index (κ2) is 8.06. The lowest BCUT2D eigenvalue weighted by Gasteiger charge is -2.09. The molecule has 2 heterocycles. The molecule has 0 aliphatic heterocycles. The number of pyridine rings is 1. The number of aromatic nitrogens is 2. The van der Waals surface area contributed by atoms with Gasteiger partial charge in [-0.1, -0.05) is 18.2 Å². The lowest BCUT2D eigenvalue weighted by molar-refractivity contribution is 0.102. The Bertz CT molecular complexity index is 1140. The number of anilines is 1. The van der Waals surface area contributed by atoms with Gasteiger partial charge in [0.2, 0.25) is 0 Å². The maximum atomic E-state index is 12.9. The molecule has 0 spiro atoms. The predicted octanol–water partition coefficient (Wildman–Crippen LogP) is 5.09. The van der Waals surface area contributed by atoms with Gasteiger partial charge in [-0.05, 0) is 62.4 Å². The molecule has 0 fully saturated rings. The summed E-state index contributed by atoms with van der Waals surface area (Å²) in [5.74, 6) is 1.87. The third-order valence-electron chi connectivity index (χ3n) is 4.39. The largest absolute Gasteiger partial charge is 0.490 e. The van der Waals surface area contributed by atoms with Crippen molar-refractivity contribution in [3.05, 3.63) is 84.3 Å². The summed E-state index contributed by atoms with van der Waals surface area (Å²) in [6.45, 7) is 4.26. The number of rotatable bonds is 6. The number of carbonyl (C=O) groups excluding carboxylic acids is 1. The number of benzene rings is 2. The SMILES string of the molecule is CCOc1cccn2c(C(=O)Nc3ccc(Oc4ccccc4)cc3)c(C)nc12. The molecule has 29 heavy (non-hydrogen) atoms. The zero-order chi connectivity index (χ0) is 20.2. The molecule has 6 nitrogen and oxygen atoms in total. The van der Waals surface area contributed by atoms with E-state index < -0.39 is 0 Å². The highest BCUT2D eigenvalue weighted by Crippen LogP contribution is 2.25. The van der Waals surface area contributed by atoms with E-state index in [1.54, 1.807) is 16.5 Å². The van der Waals surface area contributed by atoms with Crippen LogP contribution in [0.25, 0.3) is 5.65 Å². The van der Waals surface area contributed by atoms with Crippen LogP contribution in [0.5, 0.6) is 17.2 Å². The molecule has 0 saturated heterocycles. The Hall–Kier alpha value is -3.80. The van der Waals surface area contributed by atoms with Gasteiger partial charge in [-0.2, -0.15) is 0 Å². The Morgan fingerprint density at radius 1 is 1.00 bits per heavy atom. The van der Waals surface area contributed by atoms with Gasteiger partial charge in [0.25, 0.3) is 5.91 Å². The summed E-state index contributed by atoms with van der Waals surface area (Å²) in [6.07, 6.45) is 1.81. The molecular formula is C23H21N3O3. The van der Waals surface area contributed by atoms with Crippen LogP contribution in [0.2, 0.25) is 0 Å². The monoisotopic (exact) mass is 387 g/mol. The molecule has 0 atom stereocenters. The fraction of sp³-hybridized carbons (Fsp3) is 0.130. The highest BCUT2D eigenvalue weighted by molar-refractivity contribution is 6.04. The van der Waals surface area contributed by atoms with E-state index in [1.165, 1.54) is 0 Å². The minimum absolute atomic E-state index is 0.236. The second-order valence-corrected chi connectivity index (χ2v) is 6.44. The maximum Gasteiger partial charge on any atom is 0.274 e. The first-order valence-electron chi connectivity index (χ1n) is 9.40. The lowest BCUT2D eigenvalue weighted by atomic mass is 10.2. The van der Waals surface area contributed by atoms with Crippen LogP contribution in [0.4, 0.5) is 5.69 Å². The van der Waals surface area contributed by atoms with Crippen molar-refractivity contribution in [1.29, 1.82) is 0 Å². The number of ether oxygens (including phenoxy) is 2. The third-order valence-corrected chi connectivity index (χ3v) is 4.39. The van der Waals surface area contributed by atoms with Crippen molar-refractivity contribution < 1.29 is 14.3 Å². The van der Waals surface area contributed by atoms with E-state index in [0.29, 0.717) is 40.8 Å². The van der Waals surface area contributed by atoms with Gasteiger partial charge in [0.05, 0.1) is 12.3 Å². The van der Waals surface area contributed by atoms with Crippen LogP contribution in [0.3, 0.4) is 0 Å². The van der Waals surface area contributed by atoms with E-state index >= 15 is 0 Å². The summed E-state index contributed by atoms with van der Waals surface area (Å²) < 4.78 is 13.2. The molecule has 6 heteroatoms. The van der Waals surface area contributed by atoms with Crippen LogP contribution < -0.4 is 14.8 Å². The number of aryl methyl sites for hydroxylation is 1. The van der Waals surface area contributed by atoms with Crippen LogP contribution in [-0.2, 0) is 0 Å². The average Bonchev–Trinajstić information content (AvgIpc) is 3.07. The van der Waals surface area contributed by atoms with Crippen molar-refractivity contribution in [3.63, 3.8) is 0 Å². The number of amides is 1. The highest BCUT2D eigenvalue weighted by atomic mass is 16.5. The smallest absolute Gasteiger partial charge is 0.274 e. The van der Waals surface area contributed by atoms with Crippen molar-refractivity contribution in [2.75, 3.05) is 11.9 Å². The zero-order valence-electron chi connectivity index (χ0n) is 16.3. The molecule has 0 radical (unpaired) electrons. The van der Waals surface area contributed by atoms with Crippen molar-refractivity contribution in [2.45, 2.75) is 13.8 Å². The summed E-state index contributed by atoms with van der Waals surface area (Å²) >= 11 is 0. The van der Waals surface area contributed by atoms with Gasteiger partial charge in [-0.3, -0.25) is 9.20 Å². The van der Waals surface area contributed by atoms with Crippen molar-refractivity contribution in [1.82, 2.24) is 9.38 Å². The molecule has 0 unspecified atom stereocenters. The van der Waals surface area contributed by atoms with Gasteiger partial charge in [-0.15, -0.1) is 0 Å². The molecule has 4 aromatic rings. The van der Waals surface area contributed by atoms with Gasteiger partial charge in [0, 0.05) is 11.9 Å². The average molecular weight is 387 g/mol. The van der Waals surface area contributed by atoms with Gasteiger partial charge in [0.15, 0.2) is 11.4 Å². The summed E-state index contributed by atoms with van der Waals surface area (Å²) in [4.78, 5) is 17.4. The fourth-order valence-corrected chi connectivity index (χ4v) is 3.12. The first-order valence-corrected chi connectivity index (χ1v) is 9.40. The first-order chi connectivity index (χ1) is 14.2. The Morgan fingerprint density at radius 2 is 1.72 bits per heavy atom. The second-order valence-electron chi connectivity index (χ2n) is 6.44. The van der Waals surface area contributed by atoms with E-state index in [1.807, 2.05) is 74.6 Å². The topological polar surface area (TPSA) is 64.9 Å². The lowest BCUT2D eigenvalue weighted by Crippen LogP contribution is -2.15. The van der Waals surface area contributed by atoms with E-state index in [2.05, 4.69) is 10.3 Å². The summed E-state index contributed by atoms with van der Waals surface area (Å²) in [5, 5.41) is 2.92. The number of imidazole rings is 1. The Kier molecular flexibility index (Phi) is 5.16. The molecule has 1 amide bonds. The zero-order valence-corrected chi connectivity index (χ0v) is 16.3. The van der Waals surface area contributed by atoms with Gasteiger partial charge in [0.1, 0.15) is 17.2 Å². The van der Waals surface area contributed by atoms with Crippen LogP contribution in [0.1, 0.15) is 23.1 Å². The van der Waals surface area contributed by atoms with Gasteiger partial charge < -0.3 is 14.8 Å². The van der Waals surface area contributed by atoms with Crippen molar-refractivity contribution in [3.8, 4) is 17.2 Å². The maximum absolute atomic E-state index is 12.9. The number of nitrogens with one attached hydrogen (secondary N) is 1. The first kappa shape index (κ1) is 18.6. The van der Waals surface area contributed by atoms with E-state index in [0.717, 1.165) is 5.75 Å². The molecule has 0 aliphatic rings. The minimum Gasteiger partial charge on any atom is -0.490 e. The van der Waals surface area contributed by atoms with Crippen molar-refractivity contribution in [2.24, 2.45) is 0 Å². The minimum atomic E-state index is -0.236. The summed E-state index contributed by atoms with van der Waals surface area (Å²) in [6, 6.07) is 20.5. The predicted molar refractivity (Wildman–Crippen MR) is 112 cm³/mol.